The van der Waals surface area contributed by atoms with E-state index in [9.17, 15) is 0 Å². The van der Waals surface area contributed by atoms with Crippen molar-refractivity contribution in [3.8, 4) is 0 Å². The fraction of sp³-hybridized carbons (Fsp3) is 0.538. The summed E-state index contributed by atoms with van der Waals surface area (Å²) in [6, 6.07) is 9.34. The van der Waals surface area contributed by atoms with Crippen LogP contribution in [0.2, 0.25) is 0 Å². The summed E-state index contributed by atoms with van der Waals surface area (Å²) in [6.07, 6.45) is 0. The smallest absolute Gasteiger partial charge is 0.0367 e. The van der Waals surface area contributed by atoms with Gasteiger partial charge < -0.3 is 10.6 Å². The lowest BCUT2D eigenvalue weighted by Gasteiger charge is -2.20. The lowest BCUT2D eigenvalue weighted by Crippen LogP contribution is -2.24. The van der Waals surface area contributed by atoms with Gasteiger partial charge in [0.2, 0.25) is 0 Å². The normalized spacial score (nSPS) is 30.3. The zero-order valence-electron chi connectivity index (χ0n) is 9.98. The molecule has 2 N–H and O–H groups in total. The molecule has 1 aromatic carbocycles. The number of benzene rings is 1. The number of hydrogen-bond acceptors (Lipinski definition) is 2. The van der Waals surface area contributed by atoms with Crippen molar-refractivity contribution in [1.82, 2.24) is 10.6 Å². The van der Waals surface area contributed by atoms with Crippen LogP contribution in [-0.4, -0.2) is 19.6 Å². The first-order valence-corrected chi connectivity index (χ1v) is 5.86. The summed E-state index contributed by atoms with van der Waals surface area (Å²) in [5.41, 5.74) is 2.91. The Kier molecular flexibility index (Phi) is 5.26. The third kappa shape index (κ3) is 2.60. The standard InChI is InChI=1S/C13H18N2.2ClH/c1-9-4-2-3-5-11(9)13-12-8-14-6-10(12)7-15-13;;/h2-5,10,12-15H,6-8H2,1H3;2*1H/t10-,12-,13-;;/m0../s1. The molecular formula is C13H20Cl2N2. The van der Waals surface area contributed by atoms with Crippen LogP contribution in [0.3, 0.4) is 0 Å². The Bertz CT molecular complexity index is 370. The molecule has 2 nitrogen and oxygen atoms in total. The van der Waals surface area contributed by atoms with Gasteiger partial charge in [0, 0.05) is 19.1 Å². The van der Waals surface area contributed by atoms with Crippen molar-refractivity contribution < 1.29 is 0 Å². The van der Waals surface area contributed by atoms with E-state index < -0.39 is 0 Å². The molecular weight excluding hydrogens is 255 g/mol. The lowest BCUT2D eigenvalue weighted by molar-refractivity contribution is 0.449. The molecule has 2 fully saturated rings. The summed E-state index contributed by atoms with van der Waals surface area (Å²) in [4.78, 5) is 0. The SMILES string of the molecule is Cc1ccccc1[C@@H]1NC[C@@H]2CNC[C@@H]21.Cl.Cl. The zero-order chi connectivity index (χ0) is 10.3. The molecule has 0 bridgehead atoms. The van der Waals surface area contributed by atoms with E-state index in [1.807, 2.05) is 0 Å². The van der Waals surface area contributed by atoms with E-state index in [-0.39, 0.29) is 24.8 Å². The highest BCUT2D eigenvalue weighted by atomic mass is 35.5. The number of aryl methyl sites for hydroxylation is 1. The van der Waals surface area contributed by atoms with E-state index in [0.717, 1.165) is 11.8 Å². The first-order chi connectivity index (χ1) is 7.36. The molecule has 0 saturated carbocycles. The molecule has 1 aromatic rings. The topological polar surface area (TPSA) is 24.1 Å². The molecule has 2 saturated heterocycles. The molecule has 0 aromatic heterocycles. The van der Waals surface area contributed by atoms with Crippen LogP contribution in [0, 0.1) is 18.8 Å². The maximum absolute atomic E-state index is 3.68. The fourth-order valence-corrected chi connectivity index (χ4v) is 3.07. The number of hydrogen-bond donors (Lipinski definition) is 2. The number of fused-ring (bicyclic) bond motifs is 1. The average Bonchev–Trinajstić information content (AvgIpc) is 2.80. The minimum atomic E-state index is 0. The van der Waals surface area contributed by atoms with Crippen molar-refractivity contribution in [2.75, 3.05) is 19.6 Å². The van der Waals surface area contributed by atoms with Gasteiger partial charge in [0.25, 0.3) is 0 Å². The van der Waals surface area contributed by atoms with Gasteiger partial charge in [-0.05, 0) is 36.4 Å². The molecule has 3 atom stereocenters. The van der Waals surface area contributed by atoms with Crippen LogP contribution in [0.15, 0.2) is 24.3 Å². The van der Waals surface area contributed by atoms with Crippen LogP contribution in [0.4, 0.5) is 0 Å². The molecule has 4 heteroatoms. The molecule has 2 aliphatic rings. The number of rotatable bonds is 1. The van der Waals surface area contributed by atoms with Crippen molar-refractivity contribution in [2.45, 2.75) is 13.0 Å². The van der Waals surface area contributed by atoms with Crippen molar-refractivity contribution in [3.05, 3.63) is 35.4 Å². The molecule has 2 aliphatic heterocycles. The Balaban J connectivity index is 0.000000722. The summed E-state index contributed by atoms with van der Waals surface area (Å²) in [5.74, 6) is 1.64. The molecule has 0 amide bonds. The highest BCUT2D eigenvalue weighted by Crippen LogP contribution is 2.36. The third-order valence-electron chi connectivity index (χ3n) is 3.94. The maximum atomic E-state index is 3.68. The van der Waals surface area contributed by atoms with Crippen LogP contribution in [0.1, 0.15) is 17.2 Å². The van der Waals surface area contributed by atoms with Gasteiger partial charge in [-0.3, -0.25) is 0 Å². The van der Waals surface area contributed by atoms with E-state index in [4.69, 9.17) is 0 Å². The van der Waals surface area contributed by atoms with Gasteiger partial charge in [0.1, 0.15) is 0 Å². The Morgan fingerprint density at radius 1 is 1.06 bits per heavy atom. The van der Waals surface area contributed by atoms with Crippen LogP contribution >= 0.6 is 24.8 Å². The summed E-state index contributed by atoms with van der Waals surface area (Å²) in [6.45, 7) is 5.76. The second-order valence-corrected chi connectivity index (χ2v) is 4.82. The molecule has 0 spiro atoms. The van der Waals surface area contributed by atoms with Gasteiger partial charge in [-0.15, -0.1) is 24.8 Å². The number of halogens is 2. The van der Waals surface area contributed by atoms with Crippen molar-refractivity contribution >= 4 is 24.8 Å². The van der Waals surface area contributed by atoms with E-state index >= 15 is 0 Å². The van der Waals surface area contributed by atoms with Crippen molar-refractivity contribution in [3.63, 3.8) is 0 Å². The van der Waals surface area contributed by atoms with E-state index in [2.05, 4.69) is 41.8 Å². The van der Waals surface area contributed by atoms with Gasteiger partial charge in [-0.2, -0.15) is 0 Å². The quantitative estimate of drug-likeness (QED) is 0.822. The molecule has 0 aliphatic carbocycles. The van der Waals surface area contributed by atoms with Gasteiger partial charge in [0.15, 0.2) is 0 Å². The van der Waals surface area contributed by atoms with E-state index in [1.165, 1.54) is 30.8 Å². The van der Waals surface area contributed by atoms with Gasteiger partial charge >= 0.3 is 0 Å². The highest BCUT2D eigenvalue weighted by molar-refractivity contribution is 5.85. The predicted molar refractivity (Wildman–Crippen MR) is 76.3 cm³/mol. The van der Waals surface area contributed by atoms with Gasteiger partial charge in [0.05, 0.1) is 0 Å². The Labute approximate surface area is 115 Å². The molecule has 0 radical (unpaired) electrons. The van der Waals surface area contributed by atoms with E-state index in [0.29, 0.717) is 6.04 Å². The van der Waals surface area contributed by atoms with Crippen LogP contribution in [-0.2, 0) is 0 Å². The summed E-state index contributed by atoms with van der Waals surface area (Å²) in [5, 5.41) is 7.18. The maximum Gasteiger partial charge on any atom is 0.0367 e. The largest absolute Gasteiger partial charge is 0.316 e. The molecule has 0 unspecified atom stereocenters. The number of nitrogens with one attached hydrogen (secondary N) is 2. The Morgan fingerprint density at radius 3 is 2.59 bits per heavy atom. The highest BCUT2D eigenvalue weighted by Gasteiger charge is 2.39. The zero-order valence-corrected chi connectivity index (χ0v) is 11.6. The first kappa shape index (κ1) is 14.8. The predicted octanol–water partition coefficient (Wildman–Crippen LogP) is 2.32. The molecule has 17 heavy (non-hydrogen) atoms. The fourth-order valence-electron chi connectivity index (χ4n) is 3.07. The Hall–Kier alpha value is -0.280. The summed E-state index contributed by atoms with van der Waals surface area (Å²) in [7, 11) is 0. The monoisotopic (exact) mass is 274 g/mol. The first-order valence-electron chi connectivity index (χ1n) is 5.86. The van der Waals surface area contributed by atoms with Crippen LogP contribution < -0.4 is 10.6 Å². The Morgan fingerprint density at radius 2 is 1.82 bits per heavy atom. The molecule has 2 heterocycles. The summed E-state index contributed by atoms with van der Waals surface area (Å²) < 4.78 is 0. The third-order valence-corrected chi connectivity index (χ3v) is 3.94. The minimum Gasteiger partial charge on any atom is -0.316 e. The minimum absolute atomic E-state index is 0. The van der Waals surface area contributed by atoms with Gasteiger partial charge in [-0.25, -0.2) is 0 Å². The second-order valence-electron chi connectivity index (χ2n) is 4.82. The van der Waals surface area contributed by atoms with Crippen molar-refractivity contribution in [1.29, 1.82) is 0 Å². The average molecular weight is 275 g/mol. The lowest BCUT2D eigenvalue weighted by atomic mass is 9.88. The van der Waals surface area contributed by atoms with Crippen molar-refractivity contribution in [2.24, 2.45) is 11.8 Å². The molecule has 96 valence electrons. The molecule has 3 rings (SSSR count). The van der Waals surface area contributed by atoms with Crippen LogP contribution in [0.5, 0.6) is 0 Å². The van der Waals surface area contributed by atoms with Crippen LogP contribution in [0.25, 0.3) is 0 Å². The van der Waals surface area contributed by atoms with Gasteiger partial charge in [-0.1, -0.05) is 24.3 Å². The second kappa shape index (κ2) is 6.05. The summed E-state index contributed by atoms with van der Waals surface area (Å²) >= 11 is 0. The van der Waals surface area contributed by atoms with E-state index in [1.54, 1.807) is 0 Å².